The molecule has 0 saturated carbocycles. The Morgan fingerprint density at radius 2 is 2.25 bits per heavy atom. The van der Waals surface area contributed by atoms with E-state index < -0.39 is 16.4 Å². The van der Waals surface area contributed by atoms with Crippen molar-refractivity contribution in [3.63, 3.8) is 0 Å². The fourth-order valence-electron chi connectivity index (χ4n) is 1.26. The minimum Gasteiger partial charge on any atom is -0.424 e. The van der Waals surface area contributed by atoms with Gasteiger partial charge in [0.2, 0.25) is 5.82 Å². The SMILES string of the molecule is Nc1ncc(-c2cccc([N+](=O)[O-])c2F)o1. The lowest BCUT2D eigenvalue weighted by Crippen LogP contribution is -1.94. The Bertz CT molecular complexity index is 553. The molecule has 2 rings (SSSR count). The maximum absolute atomic E-state index is 13.6. The van der Waals surface area contributed by atoms with E-state index in [9.17, 15) is 14.5 Å². The van der Waals surface area contributed by atoms with Gasteiger partial charge in [-0.05, 0) is 6.07 Å². The lowest BCUT2D eigenvalue weighted by molar-refractivity contribution is -0.387. The first-order valence-electron chi connectivity index (χ1n) is 4.24. The molecule has 2 N–H and O–H groups in total. The lowest BCUT2D eigenvalue weighted by atomic mass is 10.1. The van der Waals surface area contributed by atoms with Crippen LogP contribution in [0.4, 0.5) is 16.1 Å². The summed E-state index contributed by atoms with van der Waals surface area (Å²) in [5, 5.41) is 10.5. The van der Waals surface area contributed by atoms with Gasteiger partial charge < -0.3 is 10.2 Å². The molecule has 0 unspecified atom stereocenters. The molecule has 0 aliphatic rings. The van der Waals surface area contributed by atoms with Crippen molar-refractivity contribution < 1.29 is 13.7 Å². The molecule has 1 aromatic carbocycles. The van der Waals surface area contributed by atoms with Crippen molar-refractivity contribution >= 4 is 11.7 Å². The van der Waals surface area contributed by atoms with Crippen molar-refractivity contribution in [2.45, 2.75) is 0 Å². The van der Waals surface area contributed by atoms with Gasteiger partial charge >= 0.3 is 5.69 Å². The summed E-state index contributed by atoms with van der Waals surface area (Å²) in [6, 6.07) is 3.65. The molecule has 0 atom stereocenters. The minimum atomic E-state index is -0.969. The average Bonchev–Trinajstić information content (AvgIpc) is 2.64. The van der Waals surface area contributed by atoms with Crippen molar-refractivity contribution in [1.82, 2.24) is 4.98 Å². The van der Waals surface area contributed by atoms with Crippen LogP contribution in [0.1, 0.15) is 0 Å². The van der Waals surface area contributed by atoms with Gasteiger partial charge in [0.05, 0.1) is 16.7 Å². The number of nitro benzene ring substituents is 1. The van der Waals surface area contributed by atoms with Crippen LogP contribution in [0.2, 0.25) is 0 Å². The van der Waals surface area contributed by atoms with E-state index in [2.05, 4.69) is 4.98 Å². The van der Waals surface area contributed by atoms with Crippen LogP contribution in [0.3, 0.4) is 0 Å². The number of benzene rings is 1. The first kappa shape index (κ1) is 10.1. The molecule has 0 aliphatic heterocycles. The molecule has 0 saturated heterocycles. The fourth-order valence-corrected chi connectivity index (χ4v) is 1.26. The van der Waals surface area contributed by atoms with E-state index in [0.717, 1.165) is 6.07 Å². The van der Waals surface area contributed by atoms with Crippen molar-refractivity contribution in [1.29, 1.82) is 0 Å². The summed E-state index contributed by atoms with van der Waals surface area (Å²) in [4.78, 5) is 13.3. The average molecular weight is 223 g/mol. The molecule has 0 fully saturated rings. The number of rotatable bonds is 2. The summed E-state index contributed by atoms with van der Waals surface area (Å²) in [5.74, 6) is -0.914. The molecule has 82 valence electrons. The van der Waals surface area contributed by atoms with Crippen LogP contribution in [0.15, 0.2) is 28.8 Å². The number of hydrogen-bond acceptors (Lipinski definition) is 5. The van der Waals surface area contributed by atoms with Crippen LogP contribution in [-0.4, -0.2) is 9.91 Å². The van der Waals surface area contributed by atoms with Gasteiger partial charge in [-0.15, -0.1) is 0 Å². The Morgan fingerprint density at radius 1 is 1.50 bits per heavy atom. The molecule has 0 spiro atoms. The number of nitro groups is 1. The molecular formula is C9H6FN3O3. The van der Waals surface area contributed by atoms with Gasteiger partial charge in [-0.1, -0.05) is 6.07 Å². The second-order valence-corrected chi connectivity index (χ2v) is 2.96. The summed E-state index contributed by atoms with van der Waals surface area (Å²) >= 11 is 0. The molecule has 0 aliphatic carbocycles. The molecule has 0 bridgehead atoms. The highest BCUT2D eigenvalue weighted by Gasteiger charge is 2.20. The molecule has 16 heavy (non-hydrogen) atoms. The number of halogens is 1. The standard InChI is InChI=1S/C9H6FN3O3/c10-8-5(7-4-12-9(11)16-7)2-1-3-6(8)13(14)15/h1-4H,(H2,11,12). The summed E-state index contributed by atoms with van der Waals surface area (Å²) in [6.45, 7) is 0. The predicted octanol–water partition coefficient (Wildman–Crippen LogP) is 1.97. The van der Waals surface area contributed by atoms with Crippen LogP contribution in [0.5, 0.6) is 0 Å². The highest BCUT2D eigenvalue weighted by molar-refractivity contribution is 5.62. The quantitative estimate of drug-likeness (QED) is 0.620. The Labute approximate surface area is 88.7 Å². The van der Waals surface area contributed by atoms with E-state index in [1.54, 1.807) is 0 Å². The Kier molecular flexibility index (Phi) is 2.28. The number of anilines is 1. The molecule has 1 heterocycles. The van der Waals surface area contributed by atoms with Gasteiger partial charge in [-0.3, -0.25) is 10.1 Å². The predicted molar refractivity (Wildman–Crippen MR) is 53.0 cm³/mol. The van der Waals surface area contributed by atoms with Crippen LogP contribution < -0.4 is 5.73 Å². The third-order valence-electron chi connectivity index (χ3n) is 1.96. The zero-order valence-electron chi connectivity index (χ0n) is 7.88. The van der Waals surface area contributed by atoms with Crippen LogP contribution in [0.25, 0.3) is 11.3 Å². The van der Waals surface area contributed by atoms with Gasteiger partial charge in [-0.25, -0.2) is 4.98 Å². The molecule has 6 nitrogen and oxygen atoms in total. The van der Waals surface area contributed by atoms with Crippen molar-refractivity contribution in [2.24, 2.45) is 0 Å². The monoisotopic (exact) mass is 223 g/mol. The second-order valence-electron chi connectivity index (χ2n) is 2.96. The highest BCUT2D eigenvalue weighted by Crippen LogP contribution is 2.29. The smallest absolute Gasteiger partial charge is 0.305 e. The van der Waals surface area contributed by atoms with Crippen molar-refractivity contribution in [2.75, 3.05) is 5.73 Å². The number of oxazole rings is 1. The highest BCUT2D eigenvalue weighted by atomic mass is 19.1. The Hall–Kier alpha value is -2.44. The van der Waals surface area contributed by atoms with E-state index in [1.165, 1.54) is 18.3 Å². The number of nitrogens with two attached hydrogens (primary N) is 1. The lowest BCUT2D eigenvalue weighted by Gasteiger charge is -1.98. The normalized spacial score (nSPS) is 10.3. The van der Waals surface area contributed by atoms with Gasteiger partial charge in [0, 0.05) is 6.07 Å². The molecule has 0 amide bonds. The Balaban J connectivity index is 2.58. The van der Waals surface area contributed by atoms with Gasteiger partial charge in [0.25, 0.3) is 6.01 Å². The molecular weight excluding hydrogens is 217 g/mol. The van der Waals surface area contributed by atoms with Gasteiger partial charge in [0.1, 0.15) is 0 Å². The van der Waals surface area contributed by atoms with Crippen LogP contribution >= 0.6 is 0 Å². The first-order chi connectivity index (χ1) is 7.59. The van der Waals surface area contributed by atoms with E-state index in [0.29, 0.717) is 0 Å². The third kappa shape index (κ3) is 1.58. The zero-order valence-corrected chi connectivity index (χ0v) is 7.88. The van der Waals surface area contributed by atoms with Gasteiger partial charge in [0.15, 0.2) is 5.76 Å². The van der Waals surface area contributed by atoms with Crippen molar-refractivity contribution in [3.8, 4) is 11.3 Å². The van der Waals surface area contributed by atoms with E-state index in [1.807, 2.05) is 0 Å². The van der Waals surface area contributed by atoms with E-state index in [-0.39, 0.29) is 17.3 Å². The molecule has 0 radical (unpaired) electrons. The largest absolute Gasteiger partial charge is 0.424 e. The summed E-state index contributed by atoms with van der Waals surface area (Å²) in [6.07, 6.45) is 1.21. The van der Waals surface area contributed by atoms with E-state index >= 15 is 0 Å². The topological polar surface area (TPSA) is 95.2 Å². The summed E-state index contributed by atoms with van der Waals surface area (Å²) in [7, 11) is 0. The second kappa shape index (κ2) is 3.61. The molecule has 7 heteroatoms. The minimum absolute atomic E-state index is 0.0431. The van der Waals surface area contributed by atoms with E-state index in [4.69, 9.17) is 10.2 Å². The summed E-state index contributed by atoms with van der Waals surface area (Å²) in [5.41, 5.74) is 4.57. The number of aromatic nitrogens is 1. The maximum Gasteiger partial charge on any atom is 0.305 e. The van der Waals surface area contributed by atoms with Crippen LogP contribution in [0, 0.1) is 15.9 Å². The number of nitrogens with zero attached hydrogens (tertiary/aromatic N) is 2. The first-order valence-corrected chi connectivity index (χ1v) is 4.24. The number of nitrogen functional groups attached to an aromatic ring is 1. The van der Waals surface area contributed by atoms with Gasteiger partial charge in [-0.2, -0.15) is 4.39 Å². The Morgan fingerprint density at radius 3 is 2.81 bits per heavy atom. The summed E-state index contributed by atoms with van der Waals surface area (Å²) < 4.78 is 18.5. The molecule has 1 aromatic heterocycles. The third-order valence-corrected chi connectivity index (χ3v) is 1.96. The fraction of sp³-hybridized carbons (Fsp3) is 0. The number of hydrogen-bond donors (Lipinski definition) is 1. The zero-order chi connectivity index (χ0) is 11.7. The molecule has 2 aromatic rings. The van der Waals surface area contributed by atoms with Crippen molar-refractivity contribution in [3.05, 3.63) is 40.3 Å². The maximum atomic E-state index is 13.6. The van der Waals surface area contributed by atoms with Crippen LogP contribution in [-0.2, 0) is 0 Å².